The van der Waals surface area contributed by atoms with Gasteiger partial charge in [-0.1, -0.05) is 39.1 Å². The van der Waals surface area contributed by atoms with Crippen molar-refractivity contribution >= 4 is 39.1 Å². The molecule has 1 atom stereocenters. The molecule has 2 aromatic carbocycles. The molecule has 3 rings (SSSR count). The second-order valence-corrected chi connectivity index (χ2v) is 6.70. The van der Waals surface area contributed by atoms with Crippen molar-refractivity contribution in [3.63, 3.8) is 0 Å². The molecular formula is C16H14BrCl2NO. The zero-order chi connectivity index (χ0) is 15.0. The third-order valence-electron chi connectivity index (χ3n) is 3.65. The van der Waals surface area contributed by atoms with Crippen LogP contribution in [0.15, 0.2) is 34.8 Å². The summed E-state index contributed by atoms with van der Waals surface area (Å²) >= 11 is 16.0. The molecule has 0 amide bonds. The van der Waals surface area contributed by atoms with Gasteiger partial charge in [0.25, 0.3) is 0 Å². The summed E-state index contributed by atoms with van der Waals surface area (Å²) in [6.45, 7) is 0.704. The summed E-state index contributed by atoms with van der Waals surface area (Å²) in [4.78, 5) is 0. The van der Waals surface area contributed by atoms with Crippen molar-refractivity contribution in [1.82, 2.24) is 5.32 Å². The fraction of sp³-hybridized carbons (Fsp3) is 0.250. The maximum absolute atomic E-state index is 6.27. The van der Waals surface area contributed by atoms with Gasteiger partial charge in [-0.3, -0.25) is 0 Å². The van der Waals surface area contributed by atoms with Crippen LogP contribution in [0, 0.1) is 0 Å². The third-order valence-corrected chi connectivity index (χ3v) is 4.82. The maximum Gasteiger partial charge on any atom is 0.127 e. The Hall–Kier alpha value is -0.740. The van der Waals surface area contributed by atoms with Gasteiger partial charge in [0.1, 0.15) is 5.75 Å². The first kappa shape index (κ1) is 15.2. The van der Waals surface area contributed by atoms with Gasteiger partial charge in [0.05, 0.1) is 12.6 Å². The van der Waals surface area contributed by atoms with Crippen molar-refractivity contribution in [2.24, 2.45) is 0 Å². The first-order chi connectivity index (χ1) is 10.1. The van der Waals surface area contributed by atoms with Crippen molar-refractivity contribution in [3.8, 4) is 5.75 Å². The molecule has 0 bridgehead atoms. The van der Waals surface area contributed by atoms with Crippen LogP contribution in [0.2, 0.25) is 10.0 Å². The van der Waals surface area contributed by atoms with Crippen molar-refractivity contribution in [1.29, 1.82) is 0 Å². The van der Waals surface area contributed by atoms with E-state index in [1.165, 1.54) is 0 Å². The number of fused-ring (bicyclic) bond motifs is 1. The summed E-state index contributed by atoms with van der Waals surface area (Å²) in [7, 11) is 1.92. The second kappa shape index (κ2) is 6.17. The smallest absolute Gasteiger partial charge is 0.127 e. The average Bonchev–Trinajstić information content (AvgIpc) is 2.91. The summed E-state index contributed by atoms with van der Waals surface area (Å²) in [5.41, 5.74) is 3.27. The summed E-state index contributed by atoms with van der Waals surface area (Å²) in [5.74, 6) is 0.936. The molecule has 0 aromatic heterocycles. The lowest BCUT2D eigenvalue weighted by Gasteiger charge is -2.21. The molecule has 0 radical (unpaired) electrons. The number of halogens is 3. The van der Waals surface area contributed by atoms with Gasteiger partial charge >= 0.3 is 0 Å². The lowest BCUT2D eigenvalue weighted by molar-refractivity contribution is 0.351. The first-order valence-corrected chi connectivity index (χ1v) is 8.22. The van der Waals surface area contributed by atoms with Crippen molar-refractivity contribution < 1.29 is 4.74 Å². The average molecular weight is 387 g/mol. The van der Waals surface area contributed by atoms with Gasteiger partial charge in [-0.15, -0.1) is 0 Å². The van der Waals surface area contributed by atoms with E-state index in [1.54, 1.807) is 0 Å². The van der Waals surface area contributed by atoms with Crippen LogP contribution in [0.1, 0.15) is 22.7 Å². The van der Waals surface area contributed by atoms with E-state index in [1.807, 2.05) is 37.4 Å². The highest BCUT2D eigenvalue weighted by atomic mass is 79.9. The van der Waals surface area contributed by atoms with E-state index in [0.717, 1.165) is 38.4 Å². The van der Waals surface area contributed by atoms with Crippen LogP contribution in [0.4, 0.5) is 0 Å². The maximum atomic E-state index is 6.27. The van der Waals surface area contributed by atoms with Crippen LogP contribution in [-0.2, 0) is 6.42 Å². The molecule has 0 saturated heterocycles. The molecule has 0 spiro atoms. The summed E-state index contributed by atoms with van der Waals surface area (Å²) in [6, 6.07) is 9.67. The van der Waals surface area contributed by atoms with Crippen molar-refractivity contribution in [2.75, 3.05) is 13.7 Å². The Labute approximate surface area is 142 Å². The molecule has 2 nitrogen and oxygen atoms in total. The Morgan fingerprint density at radius 3 is 2.67 bits per heavy atom. The topological polar surface area (TPSA) is 21.3 Å². The minimum Gasteiger partial charge on any atom is -0.493 e. The zero-order valence-electron chi connectivity index (χ0n) is 11.4. The van der Waals surface area contributed by atoms with Gasteiger partial charge in [-0.2, -0.15) is 0 Å². The summed E-state index contributed by atoms with van der Waals surface area (Å²) in [6.07, 6.45) is 0.899. The SMILES string of the molecule is CNC(c1cc(Cl)ccc1Br)c1cc(Cl)cc2c1OCC2. The highest BCUT2D eigenvalue weighted by Crippen LogP contribution is 2.40. The van der Waals surface area contributed by atoms with Crippen LogP contribution in [0.5, 0.6) is 5.75 Å². The molecule has 1 aliphatic rings. The molecule has 2 aromatic rings. The second-order valence-electron chi connectivity index (χ2n) is 4.97. The predicted octanol–water partition coefficient (Wildman–Crippen LogP) is 5.00. The molecule has 1 unspecified atom stereocenters. The molecule has 110 valence electrons. The highest BCUT2D eigenvalue weighted by Gasteiger charge is 2.25. The van der Waals surface area contributed by atoms with Crippen LogP contribution >= 0.6 is 39.1 Å². The standard InChI is InChI=1S/C16H14BrCl2NO/c1-20-15(12-7-10(18)2-3-14(12)17)13-8-11(19)6-9-4-5-21-16(9)13/h2-3,6-8,15,20H,4-5H2,1H3. The van der Waals surface area contributed by atoms with E-state index in [-0.39, 0.29) is 6.04 Å². The monoisotopic (exact) mass is 385 g/mol. The summed E-state index contributed by atoms with van der Waals surface area (Å²) < 4.78 is 6.81. The van der Waals surface area contributed by atoms with E-state index < -0.39 is 0 Å². The minimum absolute atomic E-state index is 0.0383. The van der Waals surface area contributed by atoms with E-state index in [4.69, 9.17) is 27.9 Å². The Bertz CT molecular complexity index is 690. The molecular weight excluding hydrogens is 373 g/mol. The number of benzene rings is 2. The van der Waals surface area contributed by atoms with Gasteiger partial charge in [0, 0.05) is 26.5 Å². The molecule has 21 heavy (non-hydrogen) atoms. The van der Waals surface area contributed by atoms with Crippen LogP contribution in [0.3, 0.4) is 0 Å². The normalized spacial score (nSPS) is 14.7. The molecule has 1 aliphatic heterocycles. The van der Waals surface area contributed by atoms with Crippen molar-refractivity contribution in [2.45, 2.75) is 12.5 Å². The number of hydrogen-bond acceptors (Lipinski definition) is 2. The van der Waals surface area contributed by atoms with Crippen LogP contribution in [0.25, 0.3) is 0 Å². The van der Waals surface area contributed by atoms with E-state index in [9.17, 15) is 0 Å². The number of ether oxygens (including phenoxy) is 1. The fourth-order valence-corrected chi connectivity index (χ4v) is 3.63. The minimum atomic E-state index is -0.0383. The van der Waals surface area contributed by atoms with Crippen molar-refractivity contribution in [3.05, 3.63) is 61.5 Å². The molecule has 1 N–H and O–H groups in total. The number of rotatable bonds is 3. The third kappa shape index (κ3) is 2.93. The zero-order valence-corrected chi connectivity index (χ0v) is 14.5. The van der Waals surface area contributed by atoms with Gasteiger partial charge in [0.2, 0.25) is 0 Å². The molecule has 1 heterocycles. The van der Waals surface area contributed by atoms with E-state index >= 15 is 0 Å². The predicted molar refractivity (Wildman–Crippen MR) is 90.7 cm³/mol. The Morgan fingerprint density at radius 1 is 1.14 bits per heavy atom. The lowest BCUT2D eigenvalue weighted by Crippen LogP contribution is -2.19. The molecule has 5 heteroatoms. The van der Waals surface area contributed by atoms with Gasteiger partial charge < -0.3 is 10.1 Å². The molecule has 0 fully saturated rings. The number of hydrogen-bond donors (Lipinski definition) is 1. The van der Waals surface area contributed by atoms with Crippen LogP contribution in [-0.4, -0.2) is 13.7 Å². The van der Waals surface area contributed by atoms with E-state index in [0.29, 0.717) is 11.6 Å². The number of nitrogens with one attached hydrogen (secondary N) is 1. The largest absolute Gasteiger partial charge is 0.493 e. The molecule has 0 aliphatic carbocycles. The summed E-state index contributed by atoms with van der Waals surface area (Å²) in [5, 5.41) is 4.76. The van der Waals surface area contributed by atoms with Gasteiger partial charge in [-0.05, 0) is 48.5 Å². The Kier molecular flexibility index (Phi) is 4.46. The Morgan fingerprint density at radius 2 is 1.90 bits per heavy atom. The molecule has 0 saturated carbocycles. The highest BCUT2D eigenvalue weighted by molar-refractivity contribution is 9.10. The lowest BCUT2D eigenvalue weighted by atomic mass is 9.96. The van der Waals surface area contributed by atoms with E-state index in [2.05, 4.69) is 21.2 Å². The van der Waals surface area contributed by atoms with Gasteiger partial charge in [0.15, 0.2) is 0 Å². The quantitative estimate of drug-likeness (QED) is 0.801. The first-order valence-electron chi connectivity index (χ1n) is 6.67. The van der Waals surface area contributed by atoms with Crippen LogP contribution < -0.4 is 10.1 Å². The van der Waals surface area contributed by atoms with Gasteiger partial charge in [-0.25, -0.2) is 0 Å². The fourth-order valence-electron chi connectivity index (χ4n) is 2.73. The Balaban J connectivity index is 2.15.